The van der Waals surface area contributed by atoms with Crippen molar-refractivity contribution in [3.63, 3.8) is 0 Å². The molecule has 0 radical (unpaired) electrons. The van der Waals surface area contributed by atoms with E-state index in [2.05, 4.69) is 66.6 Å². The Morgan fingerprint density at radius 2 is 1.61 bits per heavy atom. The molecule has 1 aromatic heterocycles. The van der Waals surface area contributed by atoms with E-state index < -0.39 is 0 Å². The van der Waals surface area contributed by atoms with Crippen LogP contribution in [0.25, 0.3) is 22.4 Å². The predicted molar refractivity (Wildman–Crippen MR) is 149 cm³/mol. The van der Waals surface area contributed by atoms with Crippen LogP contribution >= 0.6 is 0 Å². The molecular weight excluding hydrogens is 446 g/mol. The zero-order chi connectivity index (χ0) is 25.2. The molecule has 0 fully saturated rings. The van der Waals surface area contributed by atoms with Gasteiger partial charge in [-0.25, -0.2) is 4.98 Å². The highest BCUT2D eigenvalue weighted by atomic mass is 16.5. The molecule has 5 heteroatoms. The summed E-state index contributed by atoms with van der Waals surface area (Å²) in [6.45, 7) is 12.1. The highest BCUT2D eigenvalue weighted by Crippen LogP contribution is 2.30. The maximum absolute atomic E-state index is 6.13. The SMILES string of the molecule is CCCCn1c(-c2cccc(OCc3ccccc3)c2)nc2ccc(OCCCN(CC)CC)cc21. The van der Waals surface area contributed by atoms with Gasteiger partial charge in [-0.3, -0.25) is 0 Å². The van der Waals surface area contributed by atoms with Crippen molar-refractivity contribution in [3.05, 3.63) is 78.4 Å². The second-order valence-corrected chi connectivity index (χ2v) is 9.12. The minimum absolute atomic E-state index is 0.547. The molecule has 0 aliphatic heterocycles. The van der Waals surface area contributed by atoms with Crippen LogP contribution in [-0.4, -0.2) is 40.7 Å². The average molecular weight is 486 g/mol. The molecule has 5 nitrogen and oxygen atoms in total. The van der Waals surface area contributed by atoms with E-state index in [-0.39, 0.29) is 0 Å². The van der Waals surface area contributed by atoms with Crippen molar-refractivity contribution in [1.82, 2.24) is 14.5 Å². The molecule has 0 saturated heterocycles. The van der Waals surface area contributed by atoms with Gasteiger partial charge in [0, 0.05) is 24.7 Å². The smallest absolute Gasteiger partial charge is 0.141 e. The summed E-state index contributed by atoms with van der Waals surface area (Å²) in [5, 5.41) is 0. The number of hydrogen-bond donors (Lipinski definition) is 0. The lowest BCUT2D eigenvalue weighted by Crippen LogP contribution is -2.25. The van der Waals surface area contributed by atoms with E-state index in [1.165, 1.54) is 0 Å². The Hall–Kier alpha value is -3.31. The van der Waals surface area contributed by atoms with Crippen LogP contribution in [-0.2, 0) is 13.2 Å². The summed E-state index contributed by atoms with van der Waals surface area (Å²) >= 11 is 0. The van der Waals surface area contributed by atoms with Crippen LogP contribution in [0, 0.1) is 0 Å². The van der Waals surface area contributed by atoms with Gasteiger partial charge in [0.15, 0.2) is 0 Å². The van der Waals surface area contributed by atoms with E-state index in [9.17, 15) is 0 Å². The fourth-order valence-electron chi connectivity index (χ4n) is 4.44. The van der Waals surface area contributed by atoms with Gasteiger partial charge in [0.1, 0.15) is 23.9 Å². The van der Waals surface area contributed by atoms with Crippen LogP contribution in [0.3, 0.4) is 0 Å². The van der Waals surface area contributed by atoms with Crippen LogP contribution in [0.5, 0.6) is 11.5 Å². The van der Waals surface area contributed by atoms with Crippen LogP contribution in [0.15, 0.2) is 72.8 Å². The van der Waals surface area contributed by atoms with Crippen LogP contribution in [0.4, 0.5) is 0 Å². The Kier molecular flexibility index (Phi) is 9.40. The van der Waals surface area contributed by atoms with Gasteiger partial charge >= 0.3 is 0 Å². The van der Waals surface area contributed by atoms with Gasteiger partial charge in [0.2, 0.25) is 0 Å². The molecule has 0 amide bonds. The van der Waals surface area contributed by atoms with Gasteiger partial charge in [-0.2, -0.15) is 0 Å². The van der Waals surface area contributed by atoms with Crippen molar-refractivity contribution in [1.29, 1.82) is 0 Å². The lowest BCUT2D eigenvalue weighted by Gasteiger charge is -2.17. The first kappa shape index (κ1) is 25.8. The van der Waals surface area contributed by atoms with Crippen LogP contribution in [0.1, 0.15) is 45.6 Å². The van der Waals surface area contributed by atoms with E-state index >= 15 is 0 Å². The number of benzene rings is 3. The fraction of sp³-hybridized carbons (Fsp3) is 0.387. The lowest BCUT2D eigenvalue weighted by atomic mass is 10.2. The quantitative estimate of drug-likeness (QED) is 0.177. The van der Waals surface area contributed by atoms with Gasteiger partial charge in [0.05, 0.1) is 17.6 Å². The number of fused-ring (bicyclic) bond motifs is 1. The molecule has 0 aliphatic carbocycles. The van der Waals surface area contributed by atoms with Crippen LogP contribution in [0.2, 0.25) is 0 Å². The van der Waals surface area contributed by atoms with E-state index in [1.807, 2.05) is 36.4 Å². The van der Waals surface area contributed by atoms with Crippen molar-refractivity contribution in [3.8, 4) is 22.9 Å². The van der Waals surface area contributed by atoms with E-state index in [1.54, 1.807) is 0 Å². The maximum Gasteiger partial charge on any atom is 0.141 e. The van der Waals surface area contributed by atoms with Crippen LogP contribution < -0.4 is 9.47 Å². The minimum Gasteiger partial charge on any atom is -0.493 e. The normalized spacial score (nSPS) is 11.3. The highest BCUT2D eigenvalue weighted by molar-refractivity contribution is 5.82. The number of rotatable bonds is 14. The average Bonchev–Trinajstić information content (AvgIpc) is 3.29. The Bertz CT molecular complexity index is 1220. The lowest BCUT2D eigenvalue weighted by molar-refractivity contribution is 0.249. The zero-order valence-electron chi connectivity index (χ0n) is 22.0. The van der Waals surface area contributed by atoms with E-state index in [4.69, 9.17) is 14.5 Å². The van der Waals surface area contributed by atoms with Gasteiger partial charge in [0.25, 0.3) is 0 Å². The molecule has 0 bridgehead atoms. The molecule has 4 rings (SSSR count). The fourth-order valence-corrected chi connectivity index (χ4v) is 4.44. The highest BCUT2D eigenvalue weighted by Gasteiger charge is 2.14. The largest absolute Gasteiger partial charge is 0.493 e. The molecule has 0 N–H and O–H groups in total. The molecule has 0 spiro atoms. The first-order valence-electron chi connectivity index (χ1n) is 13.3. The molecule has 36 heavy (non-hydrogen) atoms. The summed E-state index contributed by atoms with van der Waals surface area (Å²) in [5.74, 6) is 2.73. The van der Waals surface area contributed by atoms with Crippen molar-refractivity contribution in [2.45, 2.75) is 53.2 Å². The Labute approximate surface area is 215 Å². The van der Waals surface area contributed by atoms with E-state index in [0.717, 1.165) is 91.5 Å². The first-order valence-corrected chi connectivity index (χ1v) is 13.3. The van der Waals surface area contributed by atoms with Crippen molar-refractivity contribution in [2.24, 2.45) is 0 Å². The number of unbranched alkanes of at least 4 members (excludes halogenated alkanes) is 1. The molecule has 0 atom stereocenters. The number of imidazole rings is 1. The van der Waals surface area contributed by atoms with E-state index in [0.29, 0.717) is 6.61 Å². The number of aromatic nitrogens is 2. The first-order chi connectivity index (χ1) is 17.7. The third-order valence-corrected chi connectivity index (χ3v) is 6.58. The second-order valence-electron chi connectivity index (χ2n) is 9.12. The Morgan fingerprint density at radius 3 is 2.39 bits per heavy atom. The van der Waals surface area contributed by atoms with Crippen molar-refractivity contribution in [2.75, 3.05) is 26.2 Å². The molecule has 4 aromatic rings. The summed E-state index contributed by atoms with van der Waals surface area (Å²) in [7, 11) is 0. The molecule has 3 aromatic carbocycles. The summed E-state index contributed by atoms with van der Waals surface area (Å²) < 4.78 is 14.6. The molecule has 0 unspecified atom stereocenters. The zero-order valence-corrected chi connectivity index (χ0v) is 22.0. The molecule has 1 heterocycles. The monoisotopic (exact) mass is 485 g/mol. The Morgan fingerprint density at radius 1 is 0.806 bits per heavy atom. The number of ether oxygens (including phenoxy) is 2. The van der Waals surface area contributed by atoms with Gasteiger partial charge in [-0.1, -0.05) is 69.7 Å². The molecule has 0 saturated carbocycles. The maximum atomic E-state index is 6.13. The summed E-state index contributed by atoms with van der Waals surface area (Å²) in [6.07, 6.45) is 3.24. The standard InChI is InChI=1S/C31H39N3O2/c1-4-7-20-34-30-23-28(35-21-12-19-33(5-2)6-3)17-18-29(30)32-31(34)26-15-11-16-27(22-26)36-24-25-13-9-8-10-14-25/h8-11,13-18,22-23H,4-7,12,19-21,24H2,1-3H3. The molecule has 190 valence electrons. The number of hydrogen-bond acceptors (Lipinski definition) is 4. The third kappa shape index (κ3) is 6.67. The number of aryl methyl sites for hydroxylation is 1. The topological polar surface area (TPSA) is 39.5 Å². The van der Waals surface area contributed by atoms with Crippen molar-refractivity contribution >= 4 is 11.0 Å². The minimum atomic E-state index is 0.547. The molecule has 0 aliphatic rings. The Balaban J connectivity index is 1.54. The number of nitrogens with zero attached hydrogens (tertiary/aromatic N) is 3. The summed E-state index contributed by atoms with van der Waals surface area (Å²) in [5.41, 5.74) is 4.33. The third-order valence-electron chi connectivity index (χ3n) is 6.58. The van der Waals surface area contributed by atoms with Gasteiger partial charge in [-0.05, 0) is 55.8 Å². The van der Waals surface area contributed by atoms with Crippen molar-refractivity contribution < 1.29 is 9.47 Å². The summed E-state index contributed by atoms with van der Waals surface area (Å²) in [4.78, 5) is 7.45. The summed E-state index contributed by atoms with van der Waals surface area (Å²) in [6, 6.07) is 24.8. The van der Waals surface area contributed by atoms with Gasteiger partial charge in [-0.15, -0.1) is 0 Å². The predicted octanol–water partition coefficient (Wildman–Crippen LogP) is 7.19. The molecular formula is C31H39N3O2. The van der Waals surface area contributed by atoms with Gasteiger partial charge < -0.3 is 18.9 Å². The second kappa shape index (κ2) is 13.1.